The molecule has 2 atom stereocenters. The Hall–Kier alpha value is -3.63. The second-order valence-electron chi connectivity index (χ2n) is 7.96. The molecule has 1 saturated heterocycles. The molecule has 3 aromatic heterocycles. The Balaban J connectivity index is 1.39. The van der Waals surface area contributed by atoms with Gasteiger partial charge >= 0.3 is 0 Å². The van der Waals surface area contributed by atoms with E-state index in [4.69, 9.17) is 9.40 Å². The van der Waals surface area contributed by atoms with Crippen LogP contribution >= 0.6 is 11.3 Å². The predicted octanol–water partition coefficient (Wildman–Crippen LogP) is 3.48. The summed E-state index contributed by atoms with van der Waals surface area (Å²) in [5.41, 5.74) is 1.32. The number of benzene rings is 1. The molecule has 0 spiro atoms. The van der Waals surface area contributed by atoms with Gasteiger partial charge in [0.2, 0.25) is 11.8 Å². The van der Waals surface area contributed by atoms with Gasteiger partial charge < -0.3 is 19.7 Å². The number of aliphatic hydroxyl groups is 1. The molecule has 1 aliphatic rings. The molecule has 168 valence electrons. The van der Waals surface area contributed by atoms with Crippen LogP contribution in [0.15, 0.2) is 58.8 Å². The minimum absolute atomic E-state index is 0.188. The lowest BCUT2D eigenvalue weighted by Crippen LogP contribution is -2.36. The molecule has 10 heteroatoms. The molecule has 1 aromatic carbocycles. The van der Waals surface area contributed by atoms with Gasteiger partial charge in [-0.05, 0) is 24.6 Å². The number of anilines is 1. The highest BCUT2D eigenvalue weighted by Gasteiger charge is 2.45. The quantitative estimate of drug-likeness (QED) is 0.447. The third kappa shape index (κ3) is 3.98. The van der Waals surface area contributed by atoms with Gasteiger partial charge in [-0.3, -0.25) is 4.79 Å². The summed E-state index contributed by atoms with van der Waals surface area (Å²) >= 11 is 1.47. The van der Waals surface area contributed by atoms with Gasteiger partial charge in [0.05, 0.1) is 11.9 Å². The van der Waals surface area contributed by atoms with Gasteiger partial charge in [0, 0.05) is 37.2 Å². The maximum absolute atomic E-state index is 12.5. The summed E-state index contributed by atoms with van der Waals surface area (Å²) in [6.45, 7) is 2.44. The van der Waals surface area contributed by atoms with Crippen LogP contribution in [0.3, 0.4) is 0 Å². The Morgan fingerprint density at radius 2 is 2.09 bits per heavy atom. The second kappa shape index (κ2) is 8.38. The summed E-state index contributed by atoms with van der Waals surface area (Å²) < 4.78 is 5.32. The number of rotatable bonds is 6. The Labute approximate surface area is 194 Å². The highest BCUT2D eigenvalue weighted by molar-refractivity contribution is 7.13. The zero-order valence-electron chi connectivity index (χ0n) is 18.1. The molecule has 1 fully saturated rings. The molecule has 0 aliphatic carbocycles. The van der Waals surface area contributed by atoms with Crippen LogP contribution in [0, 0.1) is 0 Å². The summed E-state index contributed by atoms with van der Waals surface area (Å²) in [4.78, 5) is 31.8. The number of aromatic nitrogens is 4. The van der Waals surface area contributed by atoms with Crippen LogP contribution in [0.5, 0.6) is 0 Å². The van der Waals surface area contributed by atoms with Crippen molar-refractivity contribution in [3.63, 3.8) is 0 Å². The SMILES string of the molecule is CC(Nc1nccc(-c2csc(-c3cccc(C4(O)CCN(C)C4=O)c3)n2)n1)c1ncco1. The topological polar surface area (TPSA) is 117 Å². The standard InChI is InChI=1S/C23H22N6O3S/c1-14(19-24-9-11-32-19)26-22-25-8-6-17(28-22)18-13-33-20(27-18)15-4-3-5-16(12-15)23(31)7-10-29(2)21(23)30/h3-6,8-9,11-14,31H,7,10H2,1-2H3,(H,25,26,28). The van der Waals surface area contributed by atoms with E-state index in [-0.39, 0.29) is 11.9 Å². The first-order valence-corrected chi connectivity index (χ1v) is 11.4. The van der Waals surface area contributed by atoms with E-state index in [0.717, 1.165) is 10.6 Å². The normalized spacial score (nSPS) is 19.1. The Bertz CT molecular complexity index is 1290. The Kier molecular flexibility index (Phi) is 5.39. The van der Waals surface area contributed by atoms with Crippen molar-refractivity contribution in [2.24, 2.45) is 0 Å². The van der Waals surface area contributed by atoms with E-state index in [1.54, 1.807) is 36.5 Å². The monoisotopic (exact) mass is 462 g/mol. The van der Waals surface area contributed by atoms with Crippen LogP contribution in [0.1, 0.15) is 30.8 Å². The van der Waals surface area contributed by atoms with Crippen LogP contribution in [0.25, 0.3) is 22.0 Å². The number of nitrogens with one attached hydrogen (secondary N) is 1. The summed E-state index contributed by atoms with van der Waals surface area (Å²) in [6.07, 6.45) is 5.16. The lowest BCUT2D eigenvalue weighted by molar-refractivity contribution is -0.143. The molecule has 9 nitrogen and oxygen atoms in total. The molecule has 0 saturated carbocycles. The number of hydrogen-bond donors (Lipinski definition) is 2. The van der Waals surface area contributed by atoms with Gasteiger partial charge in [-0.15, -0.1) is 11.3 Å². The van der Waals surface area contributed by atoms with E-state index in [2.05, 4.69) is 20.3 Å². The number of nitrogens with zero attached hydrogens (tertiary/aromatic N) is 5. The number of likely N-dealkylation sites (N-methyl/N-ethyl adjacent to an activating group) is 1. The number of likely N-dealkylation sites (tertiary alicyclic amines) is 1. The molecule has 4 heterocycles. The van der Waals surface area contributed by atoms with E-state index in [0.29, 0.717) is 41.8 Å². The summed E-state index contributed by atoms with van der Waals surface area (Å²) in [5.74, 6) is 0.716. The molecule has 0 radical (unpaired) electrons. The van der Waals surface area contributed by atoms with E-state index >= 15 is 0 Å². The van der Waals surface area contributed by atoms with Crippen molar-refractivity contribution in [3.8, 4) is 22.0 Å². The van der Waals surface area contributed by atoms with Crippen molar-refractivity contribution in [3.05, 3.63) is 65.8 Å². The average Bonchev–Trinajstić information content (AvgIpc) is 3.59. The van der Waals surface area contributed by atoms with Crippen molar-refractivity contribution >= 4 is 23.2 Å². The minimum Gasteiger partial charge on any atom is -0.447 e. The fourth-order valence-corrected chi connectivity index (χ4v) is 4.64. The molecule has 2 unspecified atom stereocenters. The Morgan fingerprint density at radius 3 is 2.85 bits per heavy atom. The van der Waals surface area contributed by atoms with Crippen molar-refractivity contribution < 1.29 is 14.3 Å². The van der Waals surface area contributed by atoms with Crippen molar-refractivity contribution in [1.82, 2.24) is 24.8 Å². The van der Waals surface area contributed by atoms with E-state index in [1.807, 2.05) is 30.5 Å². The predicted molar refractivity (Wildman–Crippen MR) is 123 cm³/mol. The Morgan fingerprint density at radius 1 is 1.21 bits per heavy atom. The number of oxazole rings is 1. The molecule has 2 N–H and O–H groups in total. The molecule has 1 aliphatic heterocycles. The van der Waals surface area contributed by atoms with Gasteiger partial charge in [0.1, 0.15) is 23.0 Å². The van der Waals surface area contributed by atoms with Crippen molar-refractivity contribution in [2.45, 2.75) is 25.0 Å². The number of carbonyl (C=O) groups excluding carboxylic acids is 1. The smallest absolute Gasteiger partial charge is 0.258 e. The van der Waals surface area contributed by atoms with Gasteiger partial charge in [0.25, 0.3) is 5.91 Å². The van der Waals surface area contributed by atoms with Gasteiger partial charge in [0.15, 0.2) is 5.60 Å². The number of carbonyl (C=O) groups is 1. The number of thiazole rings is 1. The number of hydrogen-bond acceptors (Lipinski definition) is 9. The van der Waals surface area contributed by atoms with Crippen molar-refractivity contribution in [1.29, 1.82) is 0 Å². The highest BCUT2D eigenvalue weighted by Crippen LogP contribution is 2.36. The zero-order chi connectivity index (χ0) is 23.0. The van der Waals surface area contributed by atoms with Crippen LogP contribution in [-0.4, -0.2) is 49.4 Å². The van der Waals surface area contributed by atoms with Crippen LogP contribution in [0.4, 0.5) is 5.95 Å². The van der Waals surface area contributed by atoms with Crippen LogP contribution < -0.4 is 5.32 Å². The van der Waals surface area contributed by atoms with Crippen LogP contribution in [0.2, 0.25) is 0 Å². The largest absolute Gasteiger partial charge is 0.447 e. The number of amides is 1. The average molecular weight is 463 g/mol. The molecule has 5 rings (SSSR count). The molecule has 0 bridgehead atoms. The first kappa shape index (κ1) is 21.2. The molecular formula is C23H22N6O3S. The fourth-order valence-electron chi connectivity index (χ4n) is 3.83. The zero-order valence-corrected chi connectivity index (χ0v) is 18.9. The van der Waals surface area contributed by atoms with Crippen LogP contribution in [-0.2, 0) is 10.4 Å². The fraction of sp³-hybridized carbons (Fsp3) is 0.261. The molecular weight excluding hydrogens is 440 g/mol. The second-order valence-corrected chi connectivity index (χ2v) is 8.82. The maximum atomic E-state index is 12.5. The first-order valence-electron chi connectivity index (χ1n) is 10.5. The van der Waals surface area contributed by atoms with E-state index in [1.165, 1.54) is 17.6 Å². The third-order valence-corrected chi connectivity index (χ3v) is 6.58. The minimum atomic E-state index is -1.49. The van der Waals surface area contributed by atoms with E-state index < -0.39 is 5.60 Å². The third-order valence-electron chi connectivity index (χ3n) is 5.69. The summed E-state index contributed by atoms with van der Waals surface area (Å²) in [7, 11) is 1.70. The lowest BCUT2D eigenvalue weighted by atomic mass is 9.91. The van der Waals surface area contributed by atoms with Gasteiger partial charge in [-0.1, -0.05) is 18.2 Å². The lowest BCUT2D eigenvalue weighted by Gasteiger charge is -2.21. The molecule has 4 aromatic rings. The van der Waals surface area contributed by atoms with E-state index in [9.17, 15) is 9.90 Å². The maximum Gasteiger partial charge on any atom is 0.258 e. The van der Waals surface area contributed by atoms with Gasteiger partial charge in [-0.25, -0.2) is 19.9 Å². The molecule has 33 heavy (non-hydrogen) atoms. The highest BCUT2D eigenvalue weighted by atomic mass is 32.1. The summed E-state index contributed by atoms with van der Waals surface area (Å²) in [6, 6.07) is 8.99. The van der Waals surface area contributed by atoms with Crippen molar-refractivity contribution in [2.75, 3.05) is 18.9 Å². The molecule has 1 amide bonds. The first-order chi connectivity index (χ1) is 15.9. The van der Waals surface area contributed by atoms with Gasteiger partial charge in [-0.2, -0.15) is 0 Å². The summed E-state index contributed by atoms with van der Waals surface area (Å²) in [5, 5.41) is 16.9.